The van der Waals surface area contributed by atoms with Crippen LogP contribution in [0.4, 0.5) is 0 Å². The Bertz CT molecular complexity index is 353. The summed E-state index contributed by atoms with van der Waals surface area (Å²) in [5.41, 5.74) is 0.307. The fourth-order valence-corrected chi connectivity index (χ4v) is 1.82. The van der Waals surface area contributed by atoms with Crippen LogP contribution in [-0.4, -0.2) is 13.1 Å². The molecule has 1 rings (SSSR count). The molecule has 0 spiro atoms. The molecule has 0 amide bonds. The number of hydrogen-bond acceptors (Lipinski definition) is 4. The lowest BCUT2D eigenvalue weighted by atomic mass is 10.3. The van der Waals surface area contributed by atoms with Crippen LogP contribution in [0.2, 0.25) is 5.02 Å². The molecule has 0 N–H and O–H groups in total. The number of esters is 1. The number of rotatable bonds is 1. The molecule has 12 heavy (non-hydrogen) atoms. The predicted octanol–water partition coefficient (Wildman–Crippen LogP) is 2.06. The number of nitriles is 1. The first kappa shape index (κ1) is 9.04. The van der Waals surface area contributed by atoms with E-state index in [4.69, 9.17) is 16.9 Å². The minimum atomic E-state index is -0.508. The number of nitrogens with zero attached hydrogens (tertiary/aromatic N) is 1. The summed E-state index contributed by atoms with van der Waals surface area (Å²) >= 11 is 6.79. The highest BCUT2D eigenvalue weighted by atomic mass is 35.5. The minimum Gasteiger partial charge on any atom is -0.465 e. The molecular weight excluding hydrogens is 198 g/mol. The van der Waals surface area contributed by atoms with Gasteiger partial charge in [0, 0.05) is 5.38 Å². The molecule has 62 valence electrons. The SMILES string of the molecule is COC(=O)c1scc(C#N)c1Cl. The van der Waals surface area contributed by atoms with Gasteiger partial charge in [0.25, 0.3) is 0 Å². The molecule has 0 aliphatic heterocycles. The van der Waals surface area contributed by atoms with Crippen LogP contribution in [0.3, 0.4) is 0 Å². The topological polar surface area (TPSA) is 50.1 Å². The predicted molar refractivity (Wildman–Crippen MR) is 45.4 cm³/mol. The highest BCUT2D eigenvalue weighted by Crippen LogP contribution is 2.27. The molecule has 0 radical (unpaired) electrons. The van der Waals surface area contributed by atoms with E-state index in [2.05, 4.69) is 4.74 Å². The van der Waals surface area contributed by atoms with Crippen LogP contribution in [0.15, 0.2) is 5.38 Å². The molecule has 3 nitrogen and oxygen atoms in total. The Morgan fingerprint density at radius 2 is 2.50 bits per heavy atom. The van der Waals surface area contributed by atoms with Gasteiger partial charge in [0.1, 0.15) is 10.9 Å². The Morgan fingerprint density at radius 3 is 2.92 bits per heavy atom. The van der Waals surface area contributed by atoms with Gasteiger partial charge in [-0.25, -0.2) is 4.79 Å². The lowest BCUT2D eigenvalue weighted by molar-refractivity contribution is 0.0606. The van der Waals surface area contributed by atoms with E-state index in [1.165, 1.54) is 12.5 Å². The summed E-state index contributed by atoms with van der Waals surface area (Å²) in [6.07, 6.45) is 0. The first-order chi connectivity index (χ1) is 5.70. The molecule has 0 fully saturated rings. The number of carbonyl (C=O) groups is 1. The molecular formula is C7H4ClNO2S. The molecule has 0 bridgehead atoms. The van der Waals surface area contributed by atoms with Crippen molar-refractivity contribution in [2.75, 3.05) is 7.11 Å². The van der Waals surface area contributed by atoms with Gasteiger partial charge in [-0.15, -0.1) is 11.3 Å². The maximum Gasteiger partial charge on any atom is 0.349 e. The molecule has 1 aromatic heterocycles. The first-order valence-corrected chi connectivity index (χ1v) is 4.22. The minimum absolute atomic E-state index is 0.175. The van der Waals surface area contributed by atoms with Crippen molar-refractivity contribution in [2.24, 2.45) is 0 Å². The van der Waals surface area contributed by atoms with E-state index >= 15 is 0 Å². The van der Waals surface area contributed by atoms with Crippen molar-refractivity contribution in [3.8, 4) is 6.07 Å². The highest BCUT2D eigenvalue weighted by molar-refractivity contribution is 7.12. The number of hydrogen-bond donors (Lipinski definition) is 0. The van der Waals surface area contributed by atoms with Gasteiger partial charge in [0.05, 0.1) is 17.7 Å². The fourth-order valence-electron chi connectivity index (χ4n) is 0.649. The van der Waals surface area contributed by atoms with E-state index in [1.807, 2.05) is 6.07 Å². The molecule has 0 aromatic carbocycles. The Labute approximate surface area is 78.1 Å². The summed E-state index contributed by atoms with van der Waals surface area (Å²) in [6, 6.07) is 1.87. The molecule has 0 unspecified atom stereocenters. The Kier molecular flexibility index (Phi) is 2.69. The van der Waals surface area contributed by atoms with E-state index in [0.29, 0.717) is 5.56 Å². The molecule has 5 heteroatoms. The first-order valence-electron chi connectivity index (χ1n) is 2.96. The fraction of sp³-hybridized carbons (Fsp3) is 0.143. The number of halogens is 1. The summed E-state index contributed by atoms with van der Waals surface area (Å²) < 4.78 is 4.45. The van der Waals surface area contributed by atoms with E-state index in [1.54, 1.807) is 0 Å². The molecule has 0 aliphatic carbocycles. The number of methoxy groups -OCH3 is 1. The normalized spacial score (nSPS) is 9.08. The summed E-state index contributed by atoms with van der Waals surface area (Å²) in [4.78, 5) is 11.2. The zero-order chi connectivity index (χ0) is 9.14. The average molecular weight is 202 g/mol. The van der Waals surface area contributed by atoms with Crippen LogP contribution in [0, 0.1) is 11.3 Å². The summed E-state index contributed by atoms with van der Waals surface area (Å²) in [6.45, 7) is 0. The van der Waals surface area contributed by atoms with E-state index in [0.717, 1.165) is 11.3 Å². The van der Waals surface area contributed by atoms with Gasteiger partial charge in [-0.05, 0) is 0 Å². The zero-order valence-corrected chi connectivity index (χ0v) is 7.70. The van der Waals surface area contributed by atoms with Gasteiger partial charge in [0.2, 0.25) is 0 Å². The Hall–Kier alpha value is -1.05. The largest absolute Gasteiger partial charge is 0.465 e. The van der Waals surface area contributed by atoms with Crippen LogP contribution in [0.1, 0.15) is 15.2 Å². The van der Waals surface area contributed by atoms with Crippen LogP contribution >= 0.6 is 22.9 Å². The van der Waals surface area contributed by atoms with Crippen LogP contribution < -0.4 is 0 Å². The maximum atomic E-state index is 11.0. The molecule has 1 aromatic rings. The Balaban J connectivity index is 3.12. The van der Waals surface area contributed by atoms with Crippen LogP contribution in [-0.2, 0) is 4.74 Å². The zero-order valence-electron chi connectivity index (χ0n) is 6.13. The van der Waals surface area contributed by atoms with Gasteiger partial charge < -0.3 is 4.74 Å². The summed E-state index contributed by atoms with van der Waals surface area (Å²) in [5.74, 6) is -0.508. The molecule has 0 saturated carbocycles. The van der Waals surface area contributed by atoms with Crippen molar-refractivity contribution in [1.82, 2.24) is 0 Å². The lowest BCUT2D eigenvalue weighted by Crippen LogP contribution is -1.98. The standard InChI is InChI=1S/C7H4ClNO2S/c1-11-7(10)6-5(8)4(2-9)3-12-6/h3H,1H3. The van der Waals surface area contributed by atoms with Crippen LogP contribution in [0.5, 0.6) is 0 Å². The monoisotopic (exact) mass is 201 g/mol. The van der Waals surface area contributed by atoms with Gasteiger partial charge in [-0.3, -0.25) is 0 Å². The van der Waals surface area contributed by atoms with Crippen molar-refractivity contribution in [3.63, 3.8) is 0 Å². The third kappa shape index (κ3) is 1.42. The van der Waals surface area contributed by atoms with Gasteiger partial charge >= 0.3 is 5.97 Å². The summed E-state index contributed by atoms with van der Waals surface area (Å²) in [5, 5.41) is 10.2. The summed E-state index contributed by atoms with van der Waals surface area (Å²) in [7, 11) is 1.27. The van der Waals surface area contributed by atoms with Gasteiger partial charge in [-0.1, -0.05) is 11.6 Å². The highest BCUT2D eigenvalue weighted by Gasteiger charge is 2.16. The quantitative estimate of drug-likeness (QED) is 0.654. The molecule has 0 saturated heterocycles. The van der Waals surface area contributed by atoms with Crippen molar-refractivity contribution in [2.45, 2.75) is 0 Å². The van der Waals surface area contributed by atoms with Crippen molar-refractivity contribution in [1.29, 1.82) is 5.26 Å². The third-order valence-electron chi connectivity index (χ3n) is 1.22. The Morgan fingerprint density at radius 1 is 1.83 bits per heavy atom. The second-order valence-electron chi connectivity index (χ2n) is 1.90. The number of ether oxygens (including phenoxy) is 1. The van der Waals surface area contributed by atoms with Crippen molar-refractivity contribution >= 4 is 28.9 Å². The average Bonchev–Trinajstić information content (AvgIpc) is 2.45. The molecule has 0 aliphatic rings. The number of carbonyl (C=O) groups excluding carboxylic acids is 1. The van der Waals surface area contributed by atoms with Crippen LogP contribution in [0.25, 0.3) is 0 Å². The number of thiophene rings is 1. The maximum absolute atomic E-state index is 11.0. The van der Waals surface area contributed by atoms with E-state index < -0.39 is 5.97 Å². The third-order valence-corrected chi connectivity index (χ3v) is 2.69. The second kappa shape index (κ2) is 3.57. The van der Waals surface area contributed by atoms with E-state index in [-0.39, 0.29) is 9.90 Å². The lowest BCUT2D eigenvalue weighted by Gasteiger charge is -1.93. The second-order valence-corrected chi connectivity index (χ2v) is 3.15. The smallest absolute Gasteiger partial charge is 0.349 e. The van der Waals surface area contributed by atoms with Crippen molar-refractivity contribution < 1.29 is 9.53 Å². The molecule has 1 heterocycles. The van der Waals surface area contributed by atoms with E-state index in [9.17, 15) is 4.79 Å². The van der Waals surface area contributed by atoms with Gasteiger partial charge in [0.15, 0.2) is 0 Å². The van der Waals surface area contributed by atoms with Gasteiger partial charge in [-0.2, -0.15) is 5.26 Å². The van der Waals surface area contributed by atoms with Crippen molar-refractivity contribution in [3.05, 3.63) is 20.8 Å². The molecule has 0 atom stereocenters.